The average Bonchev–Trinajstić information content (AvgIpc) is 3.08. The van der Waals surface area contributed by atoms with Gasteiger partial charge in [-0.1, -0.05) is 18.2 Å². The lowest BCUT2D eigenvalue weighted by atomic mass is 10.1. The Kier molecular flexibility index (Phi) is 4.46. The second kappa shape index (κ2) is 7.07. The van der Waals surface area contributed by atoms with Gasteiger partial charge in [-0.15, -0.1) is 0 Å². The largest absolute Gasteiger partial charge is 0.497 e. The molecule has 0 amide bonds. The van der Waals surface area contributed by atoms with E-state index in [4.69, 9.17) is 4.74 Å². The number of imidazole rings is 1. The number of ether oxygens (including phenoxy) is 1. The molecule has 1 atom stereocenters. The van der Waals surface area contributed by atoms with Crippen molar-refractivity contribution in [3.05, 3.63) is 66.7 Å². The van der Waals surface area contributed by atoms with Crippen LogP contribution in [0.25, 0.3) is 22.3 Å². The Balaban J connectivity index is 1.60. The Labute approximate surface area is 157 Å². The highest BCUT2D eigenvalue weighted by atomic mass is 16.5. The maximum Gasteiger partial charge on any atom is 0.130 e. The lowest BCUT2D eigenvalue weighted by Crippen LogP contribution is -2.08. The SMILES string of the molecule is COc1cccc([C@H](C)Nc2cc(-c3ccc4ncn(C)c4c3)ncn2)c1. The number of aromatic nitrogens is 4. The second-order valence-electron chi connectivity index (χ2n) is 6.49. The third-order valence-corrected chi connectivity index (χ3v) is 4.65. The van der Waals surface area contributed by atoms with Gasteiger partial charge in [-0.3, -0.25) is 0 Å². The van der Waals surface area contributed by atoms with Crippen molar-refractivity contribution in [2.45, 2.75) is 13.0 Å². The van der Waals surface area contributed by atoms with Gasteiger partial charge in [0.2, 0.25) is 0 Å². The smallest absolute Gasteiger partial charge is 0.130 e. The number of nitrogens with zero attached hydrogens (tertiary/aromatic N) is 4. The molecule has 6 nitrogen and oxygen atoms in total. The number of rotatable bonds is 5. The van der Waals surface area contributed by atoms with E-state index in [1.165, 1.54) is 0 Å². The summed E-state index contributed by atoms with van der Waals surface area (Å²) in [7, 11) is 3.66. The molecule has 0 aliphatic heterocycles. The molecule has 136 valence electrons. The maximum absolute atomic E-state index is 5.31. The fourth-order valence-corrected chi connectivity index (χ4v) is 3.10. The third-order valence-electron chi connectivity index (χ3n) is 4.65. The van der Waals surface area contributed by atoms with Gasteiger partial charge < -0.3 is 14.6 Å². The standard InChI is InChI=1S/C21H21N5O/c1-14(15-5-4-6-17(9-15)27-3)25-21-11-19(22-12-23-21)16-7-8-18-20(10-16)26(2)13-24-18/h4-14H,1-3H3,(H,22,23,25)/t14-/m0/s1. The van der Waals surface area contributed by atoms with E-state index in [1.807, 2.05) is 54.3 Å². The van der Waals surface area contributed by atoms with Crippen LogP contribution in [0.3, 0.4) is 0 Å². The Bertz CT molecular complexity index is 1090. The number of fused-ring (bicyclic) bond motifs is 1. The quantitative estimate of drug-likeness (QED) is 0.578. The van der Waals surface area contributed by atoms with Crippen molar-refractivity contribution in [3.63, 3.8) is 0 Å². The minimum atomic E-state index is 0.0856. The van der Waals surface area contributed by atoms with Crippen molar-refractivity contribution in [3.8, 4) is 17.0 Å². The molecule has 1 N–H and O–H groups in total. The van der Waals surface area contributed by atoms with Crippen LogP contribution in [0.5, 0.6) is 5.75 Å². The number of hydrogen-bond acceptors (Lipinski definition) is 5. The zero-order valence-corrected chi connectivity index (χ0v) is 15.5. The Morgan fingerprint density at radius 2 is 1.93 bits per heavy atom. The Hall–Kier alpha value is -3.41. The van der Waals surface area contributed by atoms with Crippen molar-refractivity contribution < 1.29 is 4.74 Å². The van der Waals surface area contributed by atoms with E-state index in [1.54, 1.807) is 13.4 Å². The summed E-state index contributed by atoms with van der Waals surface area (Å²) in [5.74, 6) is 1.62. The van der Waals surface area contributed by atoms with Gasteiger partial charge in [0.25, 0.3) is 0 Å². The lowest BCUT2D eigenvalue weighted by molar-refractivity contribution is 0.414. The molecule has 2 aromatic carbocycles. The molecule has 2 heterocycles. The molecule has 2 aromatic heterocycles. The number of anilines is 1. The summed E-state index contributed by atoms with van der Waals surface area (Å²) < 4.78 is 7.31. The average molecular weight is 359 g/mol. The molecule has 0 fully saturated rings. The summed E-state index contributed by atoms with van der Waals surface area (Å²) >= 11 is 0. The van der Waals surface area contributed by atoms with E-state index in [0.29, 0.717) is 0 Å². The minimum Gasteiger partial charge on any atom is -0.497 e. The van der Waals surface area contributed by atoms with Crippen LogP contribution in [-0.2, 0) is 7.05 Å². The summed E-state index contributed by atoms with van der Waals surface area (Å²) in [6, 6.07) is 16.2. The van der Waals surface area contributed by atoms with Gasteiger partial charge >= 0.3 is 0 Å². The number of hydrogen-bond donors (Lipinski definition) is 1. The van der Waals surface area contributed by atoms with E-state index in [9.17, 15) is 0 Å². The molecule has 0 aliphatic carbocycles. The fraction of sp³-hybridized carbons (Fsp3) is 0.190. The van der Waals surface area contributed by atoms with Crippen LogP contribution in [0, 0.1) is 0 Å². The molecule has 0 bridgehead atoms. The number of benzene rings is 2. The molecule has 27 heavy (non-hydrogen) atoms. The van der Waals surface area contributed by atoms with Crippen LogP contribution in [0.4, 0.5) is 5.82 Å². The summed E-state index contributed by atoms with van der Waals surface area (Å²) in [6.07, 6.45) is 3.40. The van der Waals surface area contributed by atoms with Gasteiger partial charge in [-0.25, -0.2) is 15.0 Å². The number of nitrogens with one attached hydrogen (secondary N) is 1. The van der Waals surface area contributed by atoms with E-state index < -0.39 is 0 Å². The summed E-state index contributed by atoms with van der Waals surface area (Å²) in [6.45, 7) is 2.10. The molecule has 0 saturated heterocycles. The molecule has 0 saturated carbocycles. The van der Waals surface area contributed by atoms with Crippen LogP contribution >= 0.6 is 0 Å². The first-order valence-electron chi connectivity index (χ1n) is 8.78. The van der Waals surface area contributed by atoms with E-state index in [-0.39, 0.29) is 6.04 Å². The molecule has 6 heteroatoms. The predicted octanol–water partition coefficient (Wildman–Crippen LogP) is 4.21. The van der Waals surface area contributed by atoms with Crippen LogP contribution < -0.4 is 10.1 Å². The lowest BCUT2D eigenvalue weighted by Gasteiger charge is -2.16. The first kappa shape index (κ1) is 17.0. The molecule has 0 unspecified atom stereocenters. The topological polar surface area (TPSA) is 64.9 Å². The first-order chi connectivity index (χ1) is 13.1. The van der Waals surface area contributed by atoms with E-state index >= 15 is 0 Å². The molecule has 4 rings (SSSR count). The monoisotopic (exact) mass is 359 g/mol. The van der Waals surface area contributed by atoms with Crippen molar-refractivity contribution in [1.82, 2.24) is 19.5 Å². The van der Waals surface area contributed by atoms with Crippen molar-refractivity contribution in [2.75, 3.05) is 12.4 Å². The van der Waals surface area contributed by atoms with Gasteiger partial charge in [-0.05, 0) is 36.8 Å². The highest BCUT2D eigenvalue weighted by Crippen LogP contribution is 2.26. The zero-order valence-electron chi connectivity index (χ0n) is 15.5. The van der Waals surface area contributed by atoms with Gasteiger partial charge in [-0.2, -0.15) is 0 Å². The molecule has 0 spiro atoms. The maximum atomic E-state index is 5.31. The zero-order chi connectivity index (χ0) is 18.8. The number of methoxy groups -OCH3 is 1. The van der Waals surface area contributed by atoms with Crippen molar-refractivity contribution in [2.24, 2.45) is 7.05 Å². The third kappa shape index (κ3) is 3.46. The fourth-order valence-electron chi connectivity index (χ4n) is 3.10. The number of aryl methyl sites for hydroxylation is 1. The van der Waals surface area contributed by atoms with Gasteiger partial charge in [0.05, 0.1) is 36.2 Å². The molecular weight excluding hydrogens is 338 g/mol. The normalized spacial score (nSPS) is 12.1. The molecular formula is C21H21N5O. The molecule has 0 aliphatic rings. The highest BCUT2D eigenvalue weighted by Gasteiger charge is 2.10. The highest BCUT2D eigenvalue weighted by molar-refractivity contribution is 5.81. The Morgan fingerprint density at radius 1 is 1.04 bits per heavy atom. The van der Waals surface area contributed by atoms with Gasteiger partial charge in [0, 0.05) is 18.7 Å². The van der Waals surface area contributed by atoms with E-state index in [0.717, 1.165) is 39.4 Å². The van der Waals surface area contributed by atoms with E-state index in [2.05, 4.69) is 39.3 Å². The van der Waals surface area contributed by atoms with Gasteiger partial charge in [0.1, 0.15) is 17.9 Å². The van der Waals surface area contributed by atoms with Crippen LogP contribution in [0.2, 0.25) is 0 Å². The predicted molar refractivity (Wildman–Crippen MR) is 107 cm³/mol. The summed E-state index contributed by atoms with van der Waals surface area (Å²) in [5.41, 5.74) is 5.08. The van der Waals surface area contributed by atoms with Crippen LogP contribution in [0.15, 0.2) is 61.2 Å². The van der Waals surface area contributed by atoms with Crippen molar-refractivity contribution >= 4 is 16.9 Å². The Morgan fingerprint density at radius 3 is 2.78 bits per heavy atom. The second-order valence-corrected chi connectivity index (χ2v) is 6.49. The summed E-state index contributed by atoms with van der Waals surface area (Å²) in [5, 5.41) is 3.44. The van der Waals surface area contributed by atoms with Gasteiger partial charge in [0.15, 0.2) is 0 Å². The summed E-state index contributed by atoms with van der Waals surface area (Å²) in [4.78, 5) is 13.2. The first-order valence-corrected chi connectivity index (χ1v) is 8.78. The van der Waals surface area contributed by atoms with Crippen molar-refractivity contribution in [1.29, 1.82) is 0 Å². The minimum absolute atomic E-state index is 0.0856. The van der Waals surface area contributed by atoms with Crippen LogP contribution in [-0.4, -0.2) is 26.6 Å². The van der Waals surface area contributed by atoms with Crippen LogP contribution in [0.1, 0.15) is 18.5 Å². The molecule has 4 aromatic rings. The molecule has 0 radical (unpaired) electrons.